The Labute approximate surface area is 207 Å². The Balaban J connectivity index is 1.44. The van der Waals surface area contributed by atoms with E-state index in [-0.39, 0.29) is 34.6 Å². The van der Waals surface area contributed by atoms with Crippen LogP contribution in [0.2, 0.25) is 0 Å². The summed E-state index contributed by atoms with van der Waals surface area (Å²) in [4.78, 5) is 41.3. The van der Waals surface area contributed by atoms with Crippen molar-refractivity contribution in [3.05, 3.63) is 96.4 Å². The fourth-order valence-electron chi connectivity index (χ4n) is 4.77. The summed E-state index contributed by atoms with van der Waals surface area (Å²) in [6.07, 6.45) is 2.53. The molecule has 2 bridgehead atoms. The molecule has 2 atom stereocenters. The van der Waals surface area contributed by atoms with Crippen LogP contribution in [0.5, 0.6) is 0 Å². The maximum absolute atomic E-state index is 14.2. The Bertz CT molecular complexity index is 1370. The first-order valence-electron chi connectivity index (χ1n) is 10.9. The van der Waals surface area contributed by atoms with Crippen molar-refractivity contribution in [1.82, 2.24) is 14.8 Å². The molecule has 2 amide bonds. The molecule has 0 aliphatic carbocycles. The Hall–Kier alpha value is -3.04. The predicted octanol–water partition coefficient (Wildman–Crippen LogP) is 4.23. The number of hydrogen-bond donors (Lipinski definition) is 1. The molecule has 1 aromatic carbocycles. The summed E-state index contributed by atoms with van der Waals surface area (Å²) < 4.78 is 16.9. The number of benzene rings is 1. The molecule has 6 nitrogen and oxygen atoms in total. The Morgan fingerprint density at radius 1 is 1.12 bits per heavy atom. The van der Waals surface area contributed by atoms with Gasteiger partial charge in [-0.05, 0) is 58.6 Å². The zero-order valence-corrected chi connectivity index (χ0v) is 20.4. The molecule has 4 heterocycles. The number of nitrogens with one attached hydrogen (secondary N) is 1. The highest BCUT2D eigenvalue weighted by Crippen LogP contribution is 2.35. The fourth-order valence-corrected chi connectivity index (χ4v) is 6.14. The van der Waals surface area contributed by atoms with Crippen LogP contribution in [0.4, 0.5) is 4.39 Å². The highest BCUT2D eigenvalue weighted by Gasteiger charge is 2.37. The first-order chi connectivity index (χ1) is 16.4. The van der Waals surface area contributed by atoms with Crippen LogP contribution in [0.15, 0.2) is 68.9 Å². The molecule has 5 rings (SSSR count). The second-order valence-electron chi connectivity index (χ2n) is 8.57. The molecule has 2 unspecified atom stereocenters. The normalized spacial score (nSPS) is 19.5. The minimum Gasteiger partial charge on any atom is -0.336 e. The zero-order valence-electron chi connectivity index (χ0n) is 18.0. The van der Waals surface area contributed by atoms with Crippen LogP contribution in [0, 0.1) is 11.7 Å². The van der Waals surface area contributed by atoms with E-state index in [0.717, 1.165) is 21.5 Å². The second kappa shape index (κ2) is 9.31. The predicted molar refractivity (Wildman–Crippen MR) is 132 cm³/mol. The molecular formula is C25H21BrFN3O3S. The van der Waals surface area contributed by atoms with Gasteiger partial charge in [-0.1, -0.05) is 18.2 Å². The highest BCUT2D eigenvalue weighted by atomic mass is 79.9. The number of piperidine rings is 1. The largest absolute Gasteiger partial charge is 0.336 e. The van der Waals surface area contributed by atoms with E-state index in [1.165, 1.54) is 29.5 Å². The quantitative estimate of drug-likeness (QED) is 0.502. The van der Waals surface area contributed by atoms with Crippen molar-refractivity contribution in [1.29, 1.82) is 0 Å². The number of amides is 2. The maximum atomic E-state index is 14.2. The summed E-state index contributed by atoms with van der Waals surface area (Å²) in [6, 6.07) is 12.8. The molecule has 0 spiro atoms. The third kappa shape index (κ3) is 4.50. The van der Waals surface area contributed by atoms with Gasteiger partial charge in [0.15, 0.2) is 0 Å². The van der Waals surface area contributed by atoms with Crippen LogP contribution < -0.4 is 10.9 Å². The number of fused-ring (bicyclic) bond motifs is 4. The molecule has 2 aromatic heterocycles. The number of likely N-dealkylation sites (tertiary alicyclic amines) is 1. The summed E-state index contributed by atoms with van der Waals surface area (Å²) in [6.45, 7) is 1.49. The third-order valence-electron chi connectivity index (χ3n) is 6.24. The van der Waals surface area contributed by atoms with Crippen LogP contribution in [0.25, 0.3) is 6.08 Å². The van der Waals surface area contributed by atoms with E-state index in [1.54, 1.807) is 33.7 Å². The van der Waals surface area contributed by atoms with Gasteiger partial charge in [0.05, 0.1) is 5.56 Å². The van der Waals surface area contributed by atoms with E-state index in [9.17, 15) is 18.8 Å². The molecule has 34 heavy (non-hydrogen) atoms. The van der Waals surface area contributed by atoms with Crippen molar-refractivity contribution in [2.24, 2.45) is 5.92 Å². The van der Waals surface area contributed by atoms with Crippen molar-refractivity contribution in [3.63, 3.8) is 0 Å². The molecule has 9 heteroatoms. The first kappa shape index (κ1) is 22.7. The SMILES string of the molecule is O=C(N/C(=C\c1cc(Br)cs1)C(=O)N1CC2CC(C1)c1cccc(=O)n1C2)c1ccccc1F. The number of pyridine rings is 1. The van der Waals surface area contributed by atoms with E-state index >= 15 is 0 Å². The number of carbonyl (C=O) groups excluding carboxylic acids is 2. The first-order valence-corrected chi connectivity index (χ1v) is 12.6. The average Bonchev–Trinajstić information content (AvgIpc) is 3.23. The topological polar surface area (TPSA) is 71.4 Å². The number of rotatable bonds is 4. The minimum absolute atomic E-state index is 0.0204. The second-order valence-corrected chi connectivity index (χ2v) is 10.4. The minimum atomic E-state index is -0.678. The number of aromatic nitrogens is 1. The van der Waals surface area contributed by atoms with Crippen molar-refractivity contribution < 1.29 is 14.0 Å². The molecule has 3 aromatic rings. The van der Waals surface area contributed by atoms with Crippen LogP contribution in [0.3, 0.4) is 0 Å². The van der Waals surface area contributed by atoms with Crippen molar-refractivity contribution in [2.75, 3.05) is 13.1 Å². The number of halogens is 2. The van der Waals surface area contributed by atoms with Crippen LogP contribution in [-0.2, 0) is 11.3 Å². The van der Waals surface area contributed by atoms with Gasteiger partial charge in [-0.2, -0.15) is 0 Å². The average molecular weight is 542 g/mol. The fraction of sp³-hybridized carbons (Fsp3) is 0.240. The van der Waals surface area contributed by atoms with Crippen LogP contribution in [0.1, 0.15) is 33.3 Å². The molecule has 1 saturated heterocycles. The van der Waals surface area contributed by atoms with Crippen molar-refractivity contribution >= 4 is 45.2 Å². The molecule has 174 valence electrons. The summed E-state index contributed by atoms with van der Waals surface area (Å²) in [5.74, 6) is -1.46. The number of nitrogens with zero attached hydrogens (tertiary/aromatic N) is 2. The van der Waals surface area contributed by atoms with Crippen LogP contribution in [-0.4, -0.2) is 34.4 Å². The number of hydrogen-bond acceptors (Lipinski definition) is 4. The lowest BCUT2D eigenvalue weighted by atomic mass is 9.83. The van der Waals surface area contributed by atoms with Crippen molar-refractivity contribution in [3.8, 4) is 0 Å². The third-order valence-corrected chi connectivity index (χ3v) is 7.88. The number of thiophene rings is 1. The van der Waals surface area contributed by atoms with E-state index in [0.29, 0.717) is 19.6 Å². The lowest BCUT2D eigenvalue weighted by molar-refractivity contribution is -0.130. The standard InChI is InChI=1S/C25H21BrFN3O3S/c26-17-9-18(34-14-17)10-21(28-24(32)19-4-1-2-5-20(19)27)25(33)29-11-15-8-16(13-29)22-6-3-7-23(31)30(22)12-15/h1-7,9-10,14-16H,8,11-13H2,(H,28,32)/b21-10-. The van der Waals surface area contributed by atoms with Gasteiger partial charge in [-0.25, -0.2) is 4.39 Å². The smallest absolute Gasteiger partial charge is 0.270 e. The van der Waals surface area contributed by atoms with Crippen molar-refractivity contribution in [2.45, 2.75) is 18.9 Å². The lowest BCUT2D eigenvalue weighted by Gasteiger charge is -2.43. The Morgan fingerprint density at radius 2 is 1.94 bits per heavy atom. The van der Waals surface area contributed by atoms with Gasteiger partial charge in [0.2, 0.25) is 0 Å². The molecule has 2 aliphatic rings. The monoisotopic (exact) mass is 541 g/mol. The molecule has 1 N–H and O–H groups in total. The number of carbonyl (C=O) groups is 2. The molecule has 2 aliphatic heterocycles. The molecule has 0 radical (unpaired) electrons. The molecule has 1 fully saturated rings. The summed E-state index contributed by atoms with van der Waals surface area (Å²) >= 11 is 4.83. The van der Waals surface area contributed by atoms with Gasteiger partial charge < -0.3 is 14.8 Å². The lowest BCUT2D eigenvalue weighted by Crippen LogP contribution is -2.50. The Kier molecular flexibility index (Phi) is 6.22. The zero-order chi connectivity index (χ0) is 23.8. The van der Waals surface area contributed by atoms with E-state index in [4.69, 9.17) is 0 Å². The van der Waals surface area contributed by atoms with Gasteiger partial charge in [0, 0.05) is 52.0 Å². The molecular weight excluding hydrogens is 521 g/mol. The van der Waals surface area contributed by atoms with Gasteiger partial charge in [0.1, 0.15) is 11.5 Å². The van der Waals surface area contributed by atoms with Gasteiger partial charge in [-0.15, -0.1) is 11.3 Å². The van der Waals surface area contributed by atoms with Gasteiger partial charge in [0.25, 0.3) is 17.4 Å². The van der Waals surface area contributed by atoms with E-state index in [2.05, 4.69) is 21.2 Å². The van der Waals surface area contributed by atoms with E-state index < -0.39 is 11.7 Å². The summed E-state index contributed by atoms with van der Waals surface area (Å²) in [7, 11) is 0. The molecule has 0 saturated carbocycles. The summed E-state index contributed by atoms with van der Waals surface area (Å²) in [5, 5.41) is 4.53. The summed E-state index contributed by atoms with van der Waals surface area (Å²) in [5.41, 5.74) is 0.878. The van der Waals surface area contributed by atoms with E-state index in [1.807, 2.05) is 17.5 Å². The Morgan fingerprint density at radius 3 is 2.71 bits per heavy atom. The highest BCUT2D eigenvalue weighted by molar-refractivity contribution is 9.10. The van der Waals surface area contributed by atoms with Crippen LogP contribution >= 0.6 is 27.3 Å². The maximum Gasteiger partial charge on any atom is 0.270 e. The van der Waals surface area contributed by atoms with Gasteiger partial charge >= 0.3 is 0 Å². The van der Waals surface area contributed by atoms with Gasteiger partial charge in [-0.3, -0.25) is 14.4 Å².